The van der Waals surface area contributed by atoms with Gasteiger partial charge in [-0.15, -0.1) is 0 Å². The Kier molecular flexibility index (Phi) is 7.71. The van der Waals surface area contributed by atoms with Gasteiger partial charge in [-0.2, -0.15) is 17.5 Å². The molecule has 0 saturated carbocycles. The predicted octanol–water partition coefficient (Wildman–Crippen LogP) is 1.79. The number of furan rings is 1. The van der Waals surface area contributed by atoms with E-state index in [1.165, 1.54) is 11.8 Å². The number of hydrogen-bond donors (Lipinski definition) is 1. The van der Waals surface area contributed by atoms with Crippen LogP contribution >= 0.6 is 0 Å². The summed E-state index contributed by atoms with van der Waals surface area (Å²) < 4.78 is 67.9. The number of ether oxygens (including phenoxy) is 1. The van der Waals surface area contributed by atoms with Gasteiger partial charge in [-0.1, -0.05) is 0 Å². The minimum absolute atomic E-state index is 0.0352. The van der Waals surface area contributed by atoms with Crippen molar-refractivity contribution < 1.29 is 40.6 Å². The summed E-state index contributed by atoms with van der Waals surface area (Å²) in [5.74, 6) is -2.76. The van der Waals surface area contributed by atoms with Gasteiger partial charge in [-0.3, -0.25) is 4.90 Å². The van der Waals surface area contributed by atoms with E-state index >= 15 is 0 Å². The van der Waals surface area contributed by atoms with Crippen molar-refractivity contribution in [2.45, 2.75) is 25.6 Å². The van der Waals surface area contributed by atoms with E-state index in [-0.39, 0.29) is 5.41 Å². The molecule has 1 aromatic heterocycles. The van der Waals surface area contributed by atoms with E-state index in [0.717, 1.165) is 32.5 Å². The molecule has 1 aromatic rings. The van der Waals surface area contributed by atoms with E-state index < -0.39 is 22.2 Å². The molecule has 0 unspecified atom stereocenters. The smallest absolute Gasteiger partial charge is 0.475 e. The maximum absolute atomic E-state index is 11.9. The van der Waals surface area contributed by atoms with Gasteiger partial charge in [-0.25, -0.2) is 13.2 Å². The Labute approximate surface area is 167 Å². The molecule has 0 aromatic carbocycles. The number of nitrogens with zero attached hydrogens (tertiary/aromatic N) is 2. The lowest BCUT2D eigenvalue weighted by molar-refractivity contribution is -0.192. The van der Waals surface area contributed by atoms with Crippen molar-refractivity contribution >= 4 is 16.0 Å². The van der Waals surface area contributed by atoms with Gasteiger partial charge in [0.2, 0.25) is 10.0 Å². The second-order valence-corrected chi connectivity index (χ2v) is 9.34. The molecule has 2 fully saturated rings. The van der Waals surface area contributed by atoms with Crippen LogP contribution in [0.2, 0.25) is 0 Å². The fraction of sp³-hybridized carbons (Fsp3) is 0.706. The number of carbonyl (C=O) groups is 1. The molecule has 1 N–H and O–H groups in total. The first-order valence-corrected chi connectivity index (χ1v) is 10.8. The average Bonchev–Trinajstić information content (AvgIpc) is 3.02. The largest absolute Gasteiger partial charge is 0.490 e. The van der Waals surface area contributed by atoms with Crippen molar-refractivity contribution in [1.29, 1.82) is 0 Å². The second-order valence-electron chi connectivity index (χ2n) is 7.36. The molecule has 1 spiro atoms. The number of halogens is 3. The summed E-state index contributed by atoms with van der Waals surface area (Å²) in [6.45, 7) is 5.04. The fourth-order valence-electron chi connectivity index (χ4n) is 3.37. The SMILES string of the molecule is CS(=O)(=O)N1CCOCC2(CCN(Cc3ccoc3)CC2)C1.O=C(O)C(F)(F)F. The van der Waals surface area contributed by atoms with Crippen LogP contribution in [0.4, 0.5) is 13.2 Å². The van der Waals surface area contributed by atoms with E-state index in [1.54, 1.807) is 16.8 Å². The van der Waals surface area contributed by atoms with Crippen LogP contribution in [0.15, 0.2) is 23.0 Å². The monoisotopic (exact) mass is 442 g/mol. The van der Waals surface area contributed by atoms with Crippen molar-refractivity contribution in [3.8, 4) is 0 Å². The van der Waals surface area contributed by atoms with Crippen molar-refractivity contribution in [1.82, 2.24) is 9.21 Å². The maximum Gasteiger partial charge on any atom is 0.490 e. The van der Waals surface area contributed by atoms with Crippen molar-refractivity contribution in [2.24, 2.45) is 5.41 Å². The zero-order valence-electron chi connectivity index (χ0n) is 16.0. The summed E-state index contributed by atoms with van der Waals surface area (Å²) in [4.78, 5) is 11.3. The van der Waals surface area contributed by atoms with Crippen LogP contribution in [-0.4, -0.2) is 80.5 Å². The Morgan fingerprint density at radius 3 is 2.38 bits per heavy atom. The normalized spacial score (nSPS) is 21.2. The summed E-state index contributed by atoms with van der Waals surface area (Å²) in [6, 6.07) is 1.99. The van der Waals surface area contributed by atoms with E-state index in [4.69, 9.17) is 19.1 Å². The fourth-order valence-corrected chi connectivity index (χ4v) is 4.28. The van der Waals surface area contributed by atoms with Gasteiger partial charge in [0, 0.05) is 30.6 Å². The number of carboxylic acid groups (broad SMARTS) is 1. The second kappa shape index (κ2) is 9.45. The third kappa shape index (κ3) is 7.28. The first kappa shape index (κ1) is 23.6. The predicted molar refractivity (Wildman–Crippen MR) is 96.6 cm³/mol. The molecule has 3 heterocycles. The van der Waals surface area contributed by atoms with Crippen LogP contribution < -0.4 is 0 Å². The van der Waals surface area contributed by atoms with Crippen LogP contribution in [0, 0.1) is 5.41 Å². The zero-order chi connectivity index (χ0) is 21.7. The van der Waals surface area contributed by atoms with Crippen LogP contribution in [0.1, 0.15) is 18.4 Å². The van der Waals surface area contributed by atoms with Gasteiger partial charge in [0.25, 0.3) is 0 Å². The molecule has 0 bridgehead atoms. The molecule has 29 heavy (non-hydrogen) atoms. The van der Waals surface area contributed by atoms with Gasteiger partial charge in [-0.05, 0) is 32.0 Å². The lowest BCUT2D eigenvalue weighted by Crippen LogP contribution is -2.48. The Bertz CT molecular complexity index is 759. The number of alkyl halides is 3. The topological polar surface area (TPSA) is 100 Å². The van der Waals surface area contributed by atoms with E-state index in [2.05, 4.69) is 4.90 Å². The van der Waals surface area contributed by atoms with Crippen LogP contribution in [0.3, 0.4) is 0 Å². The van der Waals surface area contributed by atoms with Gasteiger partial charge in [0.05, 0.1) is 32.0 Å². The van der Waals surface area contributed by atoms with Gasteiger partial charge in [0.15, 0.2) is 0 Å². The molecule has 166 valence electrons. The quantitative estimate of drug-likeness (QED) is 0.762. The summed E-state index contributed by atoms with van der Waals surface area (Å²) in [5.41, 5.74) is 1.15. The lowest BCUT2D eigenvalue weighted by atomic mass is 9.79. The number of aliphatic carboxylic acids is 1. The van der Waals surface area contributed by atoms with Crippen LogP contribution in [0.5, 0.6) is 0 Å². The molecule has 2 saturated heterocycles. The Morgan fingerprint density at radius 2 is 1.90 bits per heavy atom. The van der Waals surface area contributed by atoms with Gasteiger partial charge >= 0.3 is 12.1 Å². The number of piperidine rings is 1. The standard InChI is InChI=1S/C15H24N2O4S.C2HF3O2/c1-22(18,19)17-7-9-21-13-15(12-17)3-5-16(6-4-15)10-14-2-8-20-11-14;3-2(4,5)1(6)7/h2,8,11H,3-7,9-10,12-13H2,1H3;(H,6,7). The summed E-state index contributed by atoms with van der Waals surface area (Å²) >= 11 is 0. The summed E-state index contributed by atoms with van der Waals surface area (Å²) in [7, 11) is -3.15. The van der Waals surface area contributed by atoms with Crippen molar-refractivity contribution in [3.05, 3.63) is 24.2 Å². The first-order valence-electron chi connectivity index (χ1n) is 8.98. The van der Waals surface area contributed by atoms with Crippen LogP contribution in [0.25, 0.3) is 0 Å². The molecule has 12 heteroatoms. The van der Waals surface area contributed by atoms with E-state index in [0.29, 0.717) is 26.3 Å². The van der Waals surface area contributed by atoms with Gasteiger partial charge < -0.3 is 14.3 Å². The van der Waals surface area contributed by atoms with Crippen molar-refractivity contribution in [2.75, 3.05) is 45.6 Å². The molecule has 3 rings (SSSR count). The molecule has 0 amide bonds. The highest BCUT2D eigenvalue weighted by Crippen LogP contribution is 2.35. The highest BCUT2D eigenvalue weighted by atomic mass is 32.2. The third-order valence-corrected chi connectivity index (χ3v) is 6.27. The van der Waals surface area contributed by atoms with E-state index in [9.17, 15) is 21.6 Å². The summed E-state index contributed by atoms with van der Waals surface area (Å²) in [5, 5.41) is 7.12. The molecular formula is C17H25F3N2O6S. The molecule has 2 aliphatic heterocycles. The minimum atomic E-state index is -5.08. The molecule has 0 radical (unpaired) electrons. The molecule has 0 atom stereocenters. The highest BCUT2D eigenvalue weighted by Gasteiger charge is 2.40. The Hall–Kier alpha value is -1.63. The first-order chi connectivity index (χ1) is 13.4. The van der Waals surface area contributed by atoms with Crippen LogP contribution in [-0.2, 0) is 26.1 Å². The number of sulfonamides is 1. The lowest BCUT2D eigenvalue weighted by Gasteiger charge is -2.42. The number of rotatable bonds is 3. The van der Waals surface area contributed by atoms with E-state index in [1.807, 2.05) is 6.07 Å². The summed E-state index contributed by atoms with van der Waals surface area (Å²) in [6.07, 6.45) is 1.63. The molecule has 0 aliphatic carbocycles. The molecule has 8 nitrogen and oxygen atoms in total. The Balaban J connectivity index is 0.000000370. The Morgan fingerprint density at radius 1 is 1.28 bits per heavy atom. The number of carboxylic acids is 1. The molecule has 2 aliphatic rings. The van der Waals surface area contributed by atoms with Gasteiger partial charge in [0.1, 0.15) is 0 Å². The molecular weight excluding hydrogens is 417 g/mol. The third-order valence-electron chi connectivity index (χ3n) is 5.02. The minimum Gasteiger partial charge on any atom is -0.475 e. The number of hydrogen-bond acceptors (Lipinski definition) is 6. The maximum atomic E-state index is 11.9. The highest BCUT2D eigenvalue weighted by molar-refractivity contribution is 7.88. The zero-order valence-corrected chi connectivity index (χ0v) is 16.8. The number of likely N-dealkylation sites (tertiary alicyclic amines) is 1. The average molecular weight is 442 g/mol. The van der Waals surface area contributed by atoms with Crippen molar-refractivity contribution in [3.63, 3.8) is 0 Å².